The number of rotatable bonds is 11. The van der Waals surface area contributed by atoms with Crippen molar-refractivity contribution in [1.29, 1.82) is 0 Å². The molecule has 7 rings (SSSR count). The Hall–Kier alpha value is -3.35. The molecule has 0 unspecified atom stereocenters. The molecule has 7 heteroatoms. The van der Waals surface area contributed by atoms with Crippen molar-refractivity contribution >= 4 is 22.8 Å². The number of aromatic nitrogens is 1. The van der Waals surface area contributed by atoms with Gasteiger partial charge in [-0.1, -0.05) is 43.7 Å². The number of urea groups is 1. The Bertz CT molecular complexity index is 1330. The summed E-state index contributed by atoms with van der Waals surface area (Å²) in [7, 11) is 0. The van der Waals surface area contributed by atoms with Gasteiger partial charge in [0.2, 0.25) is 5.91 Å². The lowest BCUT2D eigenvalue weighted by molar-refractivity contribution is -0.132. The molecule has 1 heterocycles. The quantitative estimate of drug-likeness (QED) is 0.276. The second-order valence-electron chi connectivity index (χ2n) is 13.0. The van der Waals surface area contributed by atoms with Crippen molar-refractivity contribution < 1.29 is 14.0 Å². The Morgan fingerprint density at radius 3 is 2.32 bits per heavy atom. The average Bonchev–Trinajstić information content (AvgIpc) is 3.36. The number of carbonyl (C=O) groups is 2. The van der Waals surface area contributed by atoms with Gasteiger partial charge in [0.15, 0.2) is 0 Å². The monoisotopic (exact) mass is 558 g/mol. The zero-order valence-corrected chi connectivity index (χ0v) is 24.2. The summed E-state index contributed by atoms with van der Waals surface area (Å²) in [5.41, 5.74) is 3.00. The number of aromatic amines is 1. The summed E-state index contributed by atoms with van der Waals surface area (Å²) >= 11 is 0. The molecule has 218 valence electrons. The minimum Gasteiger partial charge on any atom is -0.361 e. The van der Waals surface area contributed by atoms with Crippen molar-refractivity contribution in [2.45, 2.75) is 76.8 Å². The fraction of sp³-hybridized carbons (Fsp3) is 0.529. The highest BCUT2D eigenvalue weighted by Crippen LogP contribution is 2.55. The van der Waals surface area contributed by atoms with E-state index in [0.29, 0.717) is 26.1 Å². The van der Waals surface area contributed by atoms with Crippen molar-refractivity contribution in [1.82, 2.24) is 20.1 Å². The summed E-state index contributed by atoms with van der Waals surface area (Å²) in [6.45, 7) is 3.61. The Morgan fingerprint density at radius 2 is 1.63 bits per heavy atom. The molecule has 41 heavy (non-hydrogen) atoms. The minimum atomic E-state index is -0.294. The molecule has 4 aliphatic carbocycles. The molecular formula is C34H43FN4O2. The number of hydrogen-bond acceptors (Lipinski definition) is 2. The largest absolute Gasteiger partial charge is 0.361 e. The van der Waals surface area contributed by atoms with Crippen LogP contribution < -0.4 is 5.32 Å². The number of nitrogens with one attached hydrogen (secondary N) is 2. The fourth-order valence-electron chi connectivity index (χ4n) is 8.13. The summed E-state index contributed by atoms with van der Waals surface area (Å²) < 4.78 is 13.6. The Kier molecular flexibility index (Phi) is 8.05. The molecule has 4 saturated carbocycles. The van der Waals surface area contributed by atoms with Crippen molar-refractivity contribution in [2.75, 3.05) is 19.6 Å². The number of halogens is 1. The first-order valence-corrected chi connectivity index (χ1v) is 15.5. The molecule has 4 aliphatic rings. The lowest BCUT2D eigenvalue weighted by Crippen LogP contribution is -2.62. The van der Waals surface area contributed by atoms with Crippen LogP contribution in [-0.2, 0) is 17.8 Å². The zero-order valence-electron chi connectivity index (χ0n) is 24.2. The van der Waals surface area contributed by atoms with Gasteiger partial charge in [0, 0.05) is 42.3 Å². The highest BCUT2D eigenvalue weighted by atomic mass is 19.1. The van der Waals surface area contributed by atoms with Crippen LogP contribution in [0.15, 0.2) is 54.7 Å². The van der Waals surface area contributed by atoms with Gasteiger partial charge >= 0.3 is 6.03 Å². The van der Waals surface area contributed by atoms with E-state index in [4.69, 9.17) is 0 Å². The van der Waals surface area contributed by atoms with E-state index in [9.17, 15) is 14.0 Å². The van der Waals surface area contributed by atoms with Crippen LogP contribution in [0.25, 0.3) is 10.9 Å². The lowest BCUT2D eigenvalue weighted by atomic mass is 9.53. The van der Waals surface area contributed by atoms with E-state index in [1.165, 1.54) is 31.4 Å². The molecule has 3 amide bonds. The third-order valence-electron chi connectivity index (χ3n) is 9.77. The molecule has 1 aromatic heterocycles. The maximum absolute atomic E-state index is 13.9. The fourth-order valence-corrected chi connectivity index (χ4v) is 8.13. The molecular weight excluding hydrogens is 515 g/mol. The van der Waals surface area contributed by atoms with Crippen LogP contribution in [-0.4, -0.2) is 51.9 Å². The highest BCUT2D eigenvalue weighted by molar-refractivity contribution is 5.85. The van der Waals surface area contributed by atoms with Crippen LogP contribution >= 0.6 is 0 Å². The molecule has 4 bridgehead atoms. The topological polar surface area (TPSA) is 68.4 Å². The number of para-hydroxylation sites is 1. The number of fused-ring (bicyclic) bond motifs is 1. The zero-order chi connectivity index (χ0) is 28.4. The van der Waals surface area contributed by atoms with E-state index in [-0.39, 0.29) is 29.8 Å². The van der Waals surface area contributed by atoms with Gasteiger partial charge in [0.1, 0.15) is 12.4 Å². The maximum Gasteiger partial charge on any atom is 0.318 e. The van der Waals surface area contributed by atoms with E-state index >= 15 is 0 Å². The third kappa shape index (κ3) is 6.29. The smallest absolute Gasteiger partial charge is 0.318 e. The van der Waals surface area contributed by atoms with E-state index in [0.717, 1.165) is 71.9 Å². The van der Waals surface area contributed by atoms with Gasteiger partial charge < -0.3 is 20.1 Å². The number of hydrogen-bond donors (Lipinski definition) is 2. The number of amides is 3. The number of benzene rings is 2. The summed E-state index contributed by atoms with van der Waals surface area (Å²) in [5, 5.41) is 4.63. The van der Waals surface area contributed by atoms with Gasteiger partial charge in [0.25, 0.3) is 0 Å². The number of nitrogens with zero attached hydrogens (tertiary/aromatic N) is 2. The van der Waals surface area contributed by atoms with Crippen LogP contribution in [0.1, 0.15) is 69.4 Å². The molecule has 2 N–H and O–H groups in total. The molecule has 0 atom stereocenters. The molecule has 0 radical (unpaired) electrons. The van der Waals surface area contributed by atoms with Gasteiger partial charge in [-0.2, -0.15) is 0 Å². The number of H-pyrrole nitrogens is 1. The van der Waals surface area contributed by atoms with E-state index in [1.54, 1.807) is 17.0 Å². The van der Waals surface area contributed by atoms with Crippen molar-refractivity contribution in [3.63, 3.8) is 0 Å². The minimum absolute atomic E-state index is 0.0489. The van der Waals surface area contributed by atoms with Crippen LogP contribution in [0.5, 0.6) is 0 Å². The van der Waals surface area contributed by atoms with Gasteiger partial charge in [-0.3, -0.25) is 4.79 Å². The SMILES string of the molecule is CCCCN(CC(=O)N(CCc1c[nH]c2ccccc12)Cc1ccc(F)cc1)C(=O)NC12CC3CC(CC(C3)C1)C2. The summed E-state index contributed by atoms with van der Waals surface area (Å²) in [4.78, 5) is 34.6. The van der Waals surface area contributed by atoms with E-state index in [1.807, 2.05) is 29.3 Å². The Balaban J connectivity index is 1.17. The second-order valence-corrected chi connectivity index (χ2v) is 13.0. The molecule has 0 spiro atoms. The van der Waals surface area contributed by atoms with Crippen LogP contribution in [0.2, 0.25) is 0 Å². The summed E-state index contributed by atoms with van der Waals surface area (Å²) in [6.07, 6.45) is 11.7. The van der Waals surface area contributed by atoms with Gasteiger partial charge in [0.05, 0.1) is 0 Å². The molecule has 3 aromatic rings. The van der Waals surface area contributed by atoms with E-state index < -0.39 is 0 Å². The molecule has 0 saturated heterocycles. The Morgan fingerprint density at radius 1 is 0.951 bits per heavy atom. The Labute approximate surface area is 242 Å². The molecule has 6 nitrogen and oxygen atoms in total. The maximum atomic E-state index is 13.9. The standard InChI is InChI=1S/C34H43FN4O2/c1-2-3-13-39(33(41)37-34-18-25-15-26(19-34)17-27(16-25)20-34)23-32(40)38(22-24-8-10-29(35)11-9-24)14-12-28-21-36-31-7-5-4-6-30(28)31/h4-11,21,25-27,36H,2-3,12-20,22-23H2,1H3,(H,37,41). The molecule has 4 fully saturated rings. The molecule has 2 aromatic carbocycles. The third-order valence-corrected chi connectivity index (χ3v) is 9.77. The van der Waals surface area contributed by atoms with Gasteiger partial charge in [-0.25, -0.2) is 9.18 Å². The number of carbonyl (C=O) groups excluding carboxylic acids is 2. The van der Waals surface area contributed by atoms with Crippen molar-refractivity contribution in [2.24, 2.45) is 17.8 Å². The van der Waals surface area contributed by atoms with Gasteiger partial charge in [-0.05, 0) is 98.4 Å². The van der Waals surface area contributed by atoms with Gasteiger partial charge in [-0.15, -0.1) is 0 Å². The molecule has 0 aliphatic heterocycles. The van der Waals surface area contributed by atoms with Crippen molar-refractivity contribution in [3.05, 3.63) is 71.7 Å². The summed E-state index contributed by atoms with van der Waals surface area (Å²) in [6, 6.07) is 14.4. The van der Waals surface area contributed by atoms with Crippen LogP contribution in [0.4, 0.5) is 9.18 Å². The predicted octanol–water partition coefficient (Wildman–Crippen LogP) is 6.66. The first-order valence-electron chi connectivity index (χ1n) is 15.5. The number of unbranched alkanes of at least 4 members (excludes halogenated alkanes) is 1. The second kappa shape index (κ2) is 11.9. The summed E-state index contributed by atoms with van der Waals surface area (Å²) in [5.74, 6) is 1.84. The van der Waals surface area contributed by atoms with E-state index in [2.05, 4.69) is 23.3 Å². The lowest BCUT2D eigenvalue weighted by Gasteiger charge is -2.57. The van der Waals surface area contributed by atoms with Crippen LogP contribution in [0.3, 0.4) is 0 Å². The van der Waals surface area contributed by atoms with Crippen LogP contribution in [0, 0.1) is 23.6 Å². The highest BCUT2D eigenvalue weighted by Gasteiger charge is 2.51. The average molecular weight is 559 g/mol. The normalized spacial score (nSPS) is 24.5. The predicted molar refractivity (Wildman–Crippen MR) is 160 cm³/mol. The first-order chi connectivity index (χ1) is 19.9. The van der Waals surface area contributed by atoms with Crippen molar-refractivity contribution in [3.8, 4) is 0 Å². The first kappa shape index (κ1) is 27.8.